The third-order valence-electron chi connectivity index (χ3n) is 9.07. The first-order valence-corrected chi connectivity index (χ1v) is 16.6. The normalized spacial score (nSPS) is 11.1. The maximum atomic E-state index is 9.32. The lowest BCUT2D eigenvalue weighted by molar-refractivity contribution is 0.669. The highest BCUT2D eigenvalue weighted by atomic mass is 16.3. The highest BCUT2D eigenvalue weighted by Crippen LogP contribution is 2.39. The van der Waals surface area contributed by atoms with Crippen molar-refractivity contribution in [3.05, 3.63) is 170 Å². The van der Waals surface area contributed by atoms with Crippen LogP contribution in [-0.4, -0.2) is 19.9 Å². The van der Waals surface area contributed by atoms with Gasteiger partial charge in [0.15, 0.2) is 17.5 Å². The number of hydrogen-bond donors (Lipinski definition) is 0. The minimum atomic E-state index is 0.515. The summed E-state index contributed by atoms with van der Waals surface area (Å²) in [7, 11) is 0. The molecule has 0 atom stereocenters. The second kappa shape index (κ2) is 12.7. The van der Waals surface area contributed by atoms with Gasteiger partial charge in [-0.05, 0) is 52.1 Å². The van der Waals surface area contributed by atoms with Gasteiger partial charge in [0.1, 0.15) is 17.2 Å². The van der Waals surface area contributed by atoms with E-state index < -0.39 is 0 Å². The molecule has 0 saturated carbocycles. The highest BCUT2D eigenvalue weighted by molar-refractivity contribution is 6.13. The Morgan fingerprint density at radius 1 is 0.431 bits per heavy atom. The van der Waals surface area contributed by atoms with Crippen molar-refractivity contribution < 1.29 is 4.42 Å². The minimum Gasteiger partial charge on any atom is -0.456 e. The maximum Gasteiger partial charge on any atom is 0.164 e. The van der Waals surface area contributed by atoms with E-state index in [1.165, 1.54) is 11.1 Å². The van der Waals surface area contributed by atoms with Gasteiger partial charge in [-0.2, -0.15) is 5.26 Å². The van der Waals surface area contributed by atoms with Gasteiger partial charge in [-0.1, -0.05) is 127 Å². The van der Waals surface area contributed by atoms with Crippen LogP contribution in [0, 0.1) is 11.3 Å². The molecule has 9 rings (SSSR count). The van der Waals surface area contributed by atoms with Crippen LogP contribution in [0.25, 0.3) is 89.5 Å². The Kier molecular flexibility index (Phi) is 7.42. The summed E-state index contributed by atoms with van der Waals surface area (Å²) in [6.45, 7) is 0. The number of nitriles is 1. The molecule has 3 aromatic heterocycles. The number of benzene rings is 6. The van der Waals surface area contributed by atoms with Gasteiger partial charge in [0, 0.05) is 45.4 Å². The lowest BCUT2D eigenvalue weighted by Gasteiger charge is -2.09. The first-order valence-electron chi connectivity index (χ1n) is 16.6. The third-order valence-corrected chi connectivity index (χ3v) is 9.07. The number of hydrogen-bond acceptors (Lipinski definition) is 6. The fraction of sp³-hybridized carbons (Fsp3) is 0. The summed E-state index contributed by atoms with van der Waals surface area (Å²) in [5, 5.41) is 11.4. The van der Waals surface area contributed by atoms with Crippen LogP contribution in [0.3, 0.4) is 0 Å². The summed E-state index contributed by atoms with van der Waals surface area (Å²) in [4.78, 5) is 19.0. The molecule has 0 N–H and O–H groups in total. The molecule has 0 fully saturated rings. The van der Waals surface area contributed by atoms with Crippen molar-refractivity contribution in [3.63, 3.8) is 0 Å². The van der Waals surface area contributed by atoms with E-state index in [0.717, 1.165) is 60.9 Å². The molecular weight excluding hydrogens is 627 g/mol. The van der Waals surface area contributed by atoms with E-state index in [9.17, 15) is 5.26 Å². The van der Waals surface area contributed by atoms with Gasteiger partial charge in [0.2, 0.25) is 0 Å². The van der Waals surface area contributed by atoms with E-state index in [1.54, 1.807) is 12.4 Å². The second-order valence-corrected chi connectivity index (χ2v) is 12.3. The third kappa shape index (κ3) is 5.69. The summed E-state index contributed by atoms with van der Waals surface area (Å²) in [6, 6.07) is 53.3. The SMILES string of the molecule is N#Cc1cncc(-c2ccc(-c3nc(-c4ccccc4)nc(-c4ccc5c(c4)oc4cccc(-c6ccc(-c7ccccc7)cc6)c45)n3)cc2)c1. The summed E-state index contributed by atoms with van der Waals surface area (Å²) in [5.41, 5.74) is 11.1. The van der Waals surface area contributed by atoms with Crippen LogP contribution >= 0.6 is 0 Å². The number of pyridine rings is 1. The van der Waals surface area contributed by atoms with Crippen LogP contribution in [0.5, 0.6) is 0 Å². The monoisotopic (exact) mass is 653 g/mol. The standard InChI is InChI=1S/C45H27N5O/c46-26-29-24-37(28-47-27-29)32-16-20-35(21-17-32)44-48-43(34-10-5-2-6-11-34)49-45(50-44)36-22-23-39-41(25-36)51-40-13-7-12-38(42(39)40)33-18-14-31(15-19-33)30-8-3-1-4-9-30/h1-25,27-28H. The molecule has 0 saturated heterocycles. The van der Waals surface area contributed by atoms with Crippen molar-refractivity contribution >= 4 is 21.9 Å². The molecule has 0 unspecified atom stereocenters. The van der Waals surface area contributed by atoms with Crippen LogP contribution in [0.15, 0.2) is 168 Å². The van der Waals surface area contributed by atoms with Crippen molar-refractivity contribution in [1.82, 2.24) is 19.9 Å². The molecule has 9 aromatic rings. The number of nitrogens with zero attached hydrogens (tertiary/aromatic N) is 5. The maximum absolute atomic E-state index is 9.32. The van der Waals surface area contributed by atoms with Gasteiger partial charge in [0.05, 0.1) is 5.56 Å². The summed E-state index contributed by atoms with van der Waals surface area (Å²) >= 11 is 0. The first-order chi connectivity index (χ1) is 25.2. The van der Waals surface area contributed by atoms with Gasteiger partial charge >= 0.3 is 0 Å². The molecule has 0 aliphatic rings. The molecule has 238 valence electrons. The number of aromatic nitrogens is 4. The van der Waals surface area contributed by atoms with Crippen LogP contribution < -0.4 is 0 Å². The topological polar surface area (TPSA) is 88.5 Å². The predicted molar refractivity (Wildman–Crippen MR) is 202 cm³/mol. The second-order valence-electron chi connectivity index (χ2n) is 12.3. The first kappa shape index (κ1) is 29.9. The number of fused-ring (bicyclic) bond motifs is 3. The van der Waals surface area contributed by atoms with Crippen LogP contribution in [0.4, 0.5) is 0 Å². The van der Waals surface area contributed by atoms with Crippen molar-refractivity contribution in [1.29, 1.82) is 5.26 Å². The Morgan fingerprint density at radius 2 is 0.980 bits per heavy atom. The lowest BCUT2D eigenvalue weighted by Crippen LogP contribution is -2.00. The molecule has 0 spiro atoms. The fourth-order valence-electron chi connectivity index (χ4n) is 6.50. The van der Waals surface area contributed by atoms with Gasteiger partial charge in [0.25, 0.3) is 0 Å². The van der Waals surface area contributed by atoms with E-state index in [4.69, 9.17) is 19.4 Å². The summed E-state index contributed by atoms with van der Waals surface area (Å²) < 4.78 is 6.47. The van der Waals surface area contributed by atoms with E-state index in [0.29, 0.717) is 23.0 Å². The van der Waals surface area contributed by atoms with Gasteiger partial charge in [-0.15, -0.1) is 0 Å². The Morgan fingerprint density at radius 3 is 1.67 bits per heavy atom. The van der Waals surface area contributed by atoms with Crippen molar-refractivity contribution in [2.45, 2.75) is 0 Å². The lowest BCUT2D eigenvalue weighted by atomic mass is 9.96. The zero-order chi connectivity index (χ0) is 34.1. The van der Waals surface area contributed by atoms with E-state index >= 15 is 0 Å². The van der Waals surface area contributed by atoms with Crippen molar-refractivity contribution in [2.75, 3.05) is 0 Å². The molecule has 6 heteroatoms. The zero-order valence-corrected chi connectivity index (χ0v) is 27.2. The number of furan rings is 1. The summed E-state index contributed by atoms with van der Waals surface area (Å²) in [5.74, 6) is 1.68. The van der Waals surface area contributed by atoms with Gasteiger partial charge in [-0.25, -0.2) is 15.0 Å². The van der Waals surface area contributed by atoms with E-state index in [2.05, 4.69) is 77.8 Å². The van der Waals surface area contributed by atoms with Gasteiger partial charge < -0.3 is 4.42 Å². The number of rotatable bonds is 6. The van der Waals surface area contributed by atoms with Crippen molar-refractivity contribution in [3.8, 4) is 73.6 Å². The summed E-state index contributed by atoms with van der Waals surface area (Å²) in [6.07, 6.45) is 3.31. The zero-order valence-electron chi connectivity index (χ0n) is 27.2. The highest BCUT2D eigenvalue weighted by Gasteiger charge is 2.17. The Labute approximate surface area is 294 Å². The van der Waals surface area contributed by atoms with Gasteiger partial charge in [-0.3, -0.25) is 4.98 Å². The van der Waals surface area contributed by atoms with Crippen LogP contribution in [0.2, 0.25) is 0 Å². The molecule has 0 aliphatic carbocycles. The Bertz CT molecular complexity index is 2730. The molecule has 6 aromatic carbocycles. The molecule has 0 amide bonds. The molecule has 6 nitrogen and oxygen atoms in total. The smallest absolute Gasteiger partial charge is 0.164 e. The molecule has 0 bridgehead atoms. The largest absolute Gasteiger partial charge is 0.456 e. The van der Waals surface area contributed by atoms with E-state index in [1.807, 2.05) is 84.9 Å². The van der Waals surface area contributed by atoms with E-state index in [-0.39, 0.29) is 0 Å². The molecular formula is C45H27N5O. The quantitative estimate of drug-likeness (QED) is 0.177. The Hall–Kier alpha value is -7.23. The fourth-order valence-corrected chi connectivity index (χ4v) is 6.50. The molecule has 3 heterocycles. The van der Waals surface area contributed by atoms with Crippen LogP contribution in [-0.2, 0) is 0 Å². The average Bonchev–Trinajstić information content (AvgIpc) is 3.60. The molecule has 0 aliphatic heterocycles. The Balaban J connectivity index is 1.12. The van der Waals surface area contributed by atoms with Crippen molar-refractivity contribution in [2.24, 2.45) is 0 Å². The van der Waals surface area contributed by atoms with Crippen LogP contribution in [0.1, 0.15) is 5.56 Å². The molecule has 51 heavy (non-hydrogen) atoms. The predicted octanol–water partition coefficient (Wildman–Crippen LogP) is 11.0. The minimum absolute atomic E-state index is 0.515. The average molecular weight is 654 g/mol. The molecule has 0 radical (unpaired) electrons.